The van der Waals surface area contributed by atoms with Gasteiger partial charge in [-0.1, -0.05) is 71.1 Å². The summed E-state index contributed by atoms with van der Waals surface area (Å²) in [4.78, 5) is 0. The van der Waals surface area contributed by atoms with E-state index in [1.807, 2.05) is 0 Å². The Morgan fingerprint density at radius 3 is 2.43 bits per heavy atom. The van der Waals surface area contributed by atoms with Gasteiger partial charge in [-0.2, -0.15) is 0 Å². The van der Waals surface area contributed by atoms with Gasteiger partial charge in [0.1, 0.15) is 0 Å². The molecule has 0 aromatic heterocycles. The molecule has 0 bridgehead atoms. The zero-order chi connectivity index (χ0) is 10.1. The van der Waals surface area contributed by atoms with Gasteiger partial charge in [-0.3, -0.25) is 0 Å². The van der Waals surface area contributed by atoms with Crippen LogP contribution in [0.2, 0.25) is 0 Å². The van der Waals surface area contributed by atoms with Crippen molar-refractivity contribution in [1.82, 2.24) is 0 Å². The van der Waals surface area contributed by atoms with Gasteiger partial charge in [-0.25, -0.2) is 0 Å². The summed E-state index contributed by atoms with van der Waals surface area (Å²) in [5.41, 5.74) is 0. The van der Waals surface area contributed by atoms with Gasteiger partial charge >= 0.3 is 0 Å². The third kappa shape index (κ3) is 5.67. The summed E-state index contributed by atoms with van der Waals surface area (Å²) < 4.78 is 0. The van der Waals surface area contributed by atoms with Gasteiger partial charge < -0.3 is 0 Å². The van der Waals surface area contributed by atoms with E-state index in [0.29, 0.717) is 0 Å². The standard InChI is InChI=1S/C14H27/c1-2-3-4-5-6-7-8-11-14-12-9-10-13-14/h8,14H,2-7,9-13H2,1H3. The van der Waals surface area contributed by atoms with Gasteiger partial charge in [-0.05, 0) is 18.8 Å². The fourth-order valence-corrected chi connectivity index (χ4v) is 2.49. The smallest absolute Gasteiger partial charge is 0.0383 e. The van der Waals surface area contributed by atoms with E-state index in [9.17, 15) is 0 Å². The second kappa shape index (κ2) is 8.32. The summed E-state index contributed by atoms with van der Waals surface area (Å²) in [5.74, 6) is 1.06. The van der Waals surface area contributed by atoms with Crippen LogP contribution in [0.25, 0.3) is 0 Å². The average molecular weight is 195 g/mol. The maximum Gasteiger partial charge on any atom is -0.0383 e. The monoisotopic (exact) mass is 195 g/mol. The molecule has 0 aromatic carbocycles. The van der Waals surface area contributed by atoms with E-state index < -0.39 is 0 Å². The predicted molar refractivity (Wildman–Crippen MR) is 64.3 cm³/mol. The first kappa shape index (κ1) is 12.1. The van der Waals surface area contributed by atoms with Crippen LogP contribution in [-0.2, 0) is 0 Å². The first-order chi connectivity index (χ1) is 6.93. The van der Waals surface area contributed by atoms with Crippen LogP contribution in [0.5, 0.6) is 0 Å². The van der Waals surface area contributed by atoms with Crippen LogP contribution in [0.15, 0.2) is 0 Å². The minimum atomic E-state index is 1.06. The van der Waals surface area contributed by atoms with Crippen molar-refractivity contribution in [2.24, 2.45) is 5.92 Å². The Morgan fingerprint density at radius 2 is 1.71 bits per heavy atom. The van der Waals surface area contributed by atoms with Crippen LogP contribution in [0.3, 0.4) is 0 Å². The van der Waals surface area contributed by atoms with E-state index in [4.69, 9.17) is 0 Å². The molecule has 0 heterocycles. The molecule has 0 atom stereocenters. The Morgan fingerprint density at radius 1 is 1.00 bits per heavy atom. The van der Waals surface area contributed by atoms with Crippen LogP contribution >= 0.6 is 0 Å². The third-order valence-electron chi connectivity index (χ3n) is 3.49. The molecule has 1 fully saturated rings. The average Bonchev–Trinajstić information content (AvgIpc) is 2.69. The Labute approximate surface area is 90.5 Å². The van der Waals surface area contributed by atoms with Crippen molar-refractivity contribution in [3.63, 3.8) is 0 Å². The first-order valence-corrected chi connectivity index (χ1v) is 6.75. The molecule has 0 aliphatic heterocycles. The van der Waals surface area contributed by atoms with E-state index in [2.05, 4.69) is 13.3 Å². The van der Waals surface area contributed by atoms with Crippen molar-refractivity contribution in [1.29, 1.82) is 0 Å². The van der Waals surface area contributed by atoms with E-state index in [1.165, 1.54) is 70.6 Å². The Hall–Kier alpha value is 0. The number of hydrogen-bond acceptors (Lipinski definition) is 0. The highest BCUT2D eigenvalue weighted by atomic mass is 14.2. The molecule has 0 N–H and O–H groups in total. The van der Waals surface area contributed by atoms with E-state index >= 15 is 0 Å². The molecule has 0 heteroatoms. The summed E-state index contributed by atoms with van der Waals surface area (Å²) in [6, 6.07) is 0. The summed E-state index contributed by atoms with van der Waals surface area (Å²) in [6.45, 7) is 2.28. The van der Waals surface area contributed by atoms with Crippen molar-refractivity contribution in [2.45, 2.75) is 77.6 Å². The lowest BCUT2D eigenvalue weighted by atomic mass is 9.99. The van der Waals surface area contributed by atoms with E-state index in [1.54, 1.807) is 0 Å². The van der Waals surface area contributed by atoms with Gasteiger partial charge in [0.25, 0.3) is 0 Å². The summed E-state index contributed by atoms with van der Waals surface area (Å²) in [5, 5.41) is 0. The zero-order valence-corrected chi connectivity index (χ0v) is 9.93. The van der Waals surface area contributed by atoms with Crippen molar-refractivity contribution in [2.75, 3.05) is 0 Å². The lowest BCUT2D eigenvalue weighted by Crippen LogP contribution is -1.93. The fraction of sp³-hybridized carbons (Fsp3) is 0.929. The van der Waals surface area contributed by atoms with Gasteiger partial charge in [0.15, 0.2) is 0 Å². The summed E-state index contributed by atoms with van der Waals surface area (Å²) in [6.07, 6.45) is 18.5. The molecule has 1 radical (unpaired) electrons. The van der Waals surface area contributed by atoms with E-state index in [-0.39, 0.29) is 0 Å². The quantitative estimate of drug-likeness (QED) is 0.471. The largest absolute Gasteiger partial charge is 0.0654 e. The van der Waals surface area contributed by atoms with Gasteiger partial charge in [0.05, 0.1) is 0 Å². The highest BCUT2D eigenvalue weighted by Gasteiger charge is 2.13. The van der Waals surface area contributed by atoms with Crippen molar-refractivity contribution < 1.29 is 0 Å². The lowest BCUT2D eigenvalue weighted by Gasteiger charge is -2.07. The molecule has 0 unspecified atom stereocenters. The highest BCUT2D eigenvalue weighted by Crippen LogP contribution is 2.28. The molecule has 14 heavy (non-hydrogen) atoms. The molecule has 0 saturated heterocycles. The van der Waals surface area contributed by atoms with Gasteiger partial charge in [-0.15, -0.1) is 0 Å². The molecule has 83 valence electrons. The summed E-state index contributed by atoms with van der Waals surface area (Å²) in [7, 11) is 0. The Bertz CT molecular complexity index is 111. The second-order valence-corrected chi connectivity index (χ2v) is 4.88. The van der Waals surface area contributed by atoms with Crippen LogP contribution in [0.1, 0.15) is 77.6 Å². The van der Waals surface area contributed by atoms with Gasteiger partial charge in [0, 0.05) is 0 Å². The van der Waals surface area contributed by atoms with E-state index in [0.717, 1.165) is 5.92 Å². The maximum atomic E-state index is 2.56. The molecule has 0 nitrogen and oxygen atoms in total. The second-order valence-electron chi connectivity index (χ2n) is 4.88. The molecule has 0 amide bonds. The maximum absolute atomic E-state index is 2.56. The number of unbranched alkanes of at least 4 members (excludes halogenated alkanes) is 6. The first-order valence-electron chi connectivity index (χ1n) is 6.75. The van der Waals surface area contributed by atoms with Crippen LogP contribution in [0, 0.1) is 12.3 Å². The SMILES string of the molecule is CCCCCCC[CH]CC1CCCC1. The topological polar surface area (TPSA) is 0 Å². The summed E-state index contributed by atoms with van der Waals surface area (Å²) >= 11 is 0. The van der Waals surface area contributed by atoms with Crippen molar-refractivity contribution in [3.8, 4) is 0 Å². The fourth-order valence-electron chi connectivity index (χ4n) is 2.49. The molecular weight excluding hydrogens is 168 g/mol. The molecular formula is C14H27. The van der Waals surface area contributed by atoms with Crippen LogP contribution in [-0.4, -0.2) is 0 Å². The normalized spacial score (nSPS) is 17.8. The third-order valence-corrected chi connectivity index (χ3v) is 3.49. The minimum Gasteiger partial charge on any atom is -0.0654 e. The minimum absolute atomic E-state index is 1.06. The van der Waals surface area contributed by atoms with Gasteiger partial charge in [0.2, 0.25) is 0 Å². The van der Waals surface area contributed by atoms with Crippen molar-refractivity contribution in [3.05, 3.63) is 6.42 Å². The number of hydrogen-bond donors (Lipinski definition) is 0. The molecule has 0 aromatic rings. The molecule has 1 aliphatic rings. The highest BCUT2D eigenvalue weighted by molar-refractivity contribution is 4.75. The molecule has 1 rings (SSSR count). The Balaban J connectivity index is 1.75. The predicted octanol–water partition coefficient (Wildman–Crippen LogP) is 5.13. The van der Waals surface area contributed by atoms with Crippen LogP contribution < -0.4 is 0 Å². The lowest BCUT2D eigenvalue weighted by molar-refractivity contribution is 0.521. The van der Waals surface area contributed by atoms with Crippen LogP contribution in [0.4, 0.5) is 0 Å². The molecule has 1 saturated carbocycles. The molecule has 0 spiro atoms. The Kier molecular flexibility index (Phi) is 7.17. The number of rotatable bonds is 8. The zero-order valence-electron chi connectivity index (χ0n) is 9.93. The van der Waals surface area contributed by atoms with Crippen molar-refractivity contribution >= 4 is 0 Å². The molecule has 1 aliphatic carbocycles.